The van der Waals surface area contributed by atoms with E-state index < -0.39 is 9.05 Å². The van der Waals surface area contributed by atoms with Gasteiger partial charge in [-0.25, -0.2) is 0 Å². The standard InChI is InChI=1S/Li.H3O4Si.O/c;1-5(2,3)4;/h;1-3H;/q+1;-1;-2. The summed E-state index contributed by atoms with van der Waals surface area (Å²) in [5.41, 5.74) is 0. The quantitative estimate of drug-likeness (QED) is 0.274. The summed E-state index contributed by atoms with van der Waals surface area (Å²) >= 11 is 0. The third kappa shape index (κ3) is 373. The third-order valence-corrected chi connectivity index (χ3v) is 0. The van der Waals surface area contributed by atoms with Gasteiger partial charge in [0.15, 0.2) is 0 Å². The van der Waals surface area contributed by atoms with Crippen LogP contribution in [0.15, 0.2) is 0 Å². The molecule has 0 aliphatic carbocycles. The van der Waals surface area contributed by atoms with Gasteiger partial charge in [-0.1, -0.05) is 0 Å². The summed E-state index contributed by atoms with van der Waals surface area (Å²) in [4.78, 5) is 30.6. The second kappa shape index (κ2) is 4.77. The SMILES string of the molecule is [Li+].[O-2].[O-][Si](O)(O)O. The van der Waals surface area contributed by atoms with E-state index in [4.69, 9.17) is 19.2 Å². The minimum Gasteiger partial charge on any atom is -2.00 e. The fourth-order valence-electron chi connectivity index (χ4n) is 0. The van der Waals surface area contributed by atoms with Crippen LogP contribution < -0.4 is 23.7 Å². The molecule has 0 radical (unpaired) electrons. The number of hydrogen-bond donors (Lipinski definition) is 3. The maximum atomic E-state index is 8.91. The zero-order valence-corrected chi connectivity index (χ0v) is 4.66. The molecule has 0 aromatic carbocycles. The van der Waals surface area contributed by atoms with Gasteiger partial charge in [-0.3, -0.25) is 0 Å². The van der Waals surface area contributed by atoms with Gasteiger partial charge < -0.3 is 24.7 Å². The normalized spacial score (nSPS) is 8.57. The van der Waals surface area contributed by atoms with Crippen molar-refractivity contribution in [2.24, 2.45) is 0 Å². The number of hydrogen-bond acceptors (Lipinski definition) is 4. The maximum Gasteiger partial charge on any atom is 1.00 e. The van der Waals surface area contributed by atoms with Gasteiger partial charge in [0.2, 0.25) is 0 Å². The van der Waals surface area contributed by atoms with Crippen molar-refractivity contribution < 1.29 is 43.5 Å². The molecule has 5 nitrogen and oxygen atoms in total. The van der Waals surface area contributed by atoms with Gasteiger partial charge in [0.05, 0.1) is 0 Å². The van der Waals surface area contributed by atoms with Gasteiger partial charge >= 0.3 is 27.9 Å². The van der Waals surface area contributed by atoms with Crippen LogP contribution in [0.2, 0.25) is 0 Å². The molecular formula is H3LiO5Si-2. The molecule has 3 N–H and O–H groups in total. The molecule has 0 amide bonds. The van der Waals surface area contributed by atoms with Crippen LogP contribution in [-0.2, 0) is 5.48 Å². The monoisotopic (exact) mass is 118 g/mol. The second-order valence-corrected chi connectivity index (χ2v) is 1.72. The van der Waals surface area contributed by atoms with Crippen molar-refractivity contribution >= 4 is 9.05 Å². The van der Waals surface area contributed by atoms with Crippen LogP contribution in [0.5, 0.6) is 0 Å². The van der Waals surface area contributed by atoms with E-state index in [-0.39, 0.29) is 24.3 Å². The van der Waals surface area contributed by atoms with Crippen LogP contribution in [0.4, 0.5) is 0 Å². The Balaban J connectivity index is -0.0000000800. The summed E-state index contributed by atoms with van der Waals surface area (Å²) in [6.45, 7) is 0. The molecule has 0 bridgehead atoms. The van der Waals surface area contributed by atoms with Crippen LogP contribution in [-0.4, -0.2) is 23.4 Å². The minimum atomic E-state index is -4.86. The van der Waals surface area contributed by atoms with Crippen LogP contribution in [0, 0.1) is 0 Å². The molecule has 0 aliphatic heterocycles. The molecule has 7 heavy (non-hydrogen) atoms. The zero-order valence-electron chi connectivity index (χ0n) is 3.66. The Morgan fingerprint density at radius 2 is 1.14 bits per heavy atom. The predicted molar refractivity (Wildman–Crippen MR) is 13.1 cm³/mol. The molecular weight excluding hydrogens is 115 g/mol. The van der Waals surface area contributed by atoms with E-state index in [0.29, 0.717) is 0 Å². The Kier molecular flexibility index (Phi) is 10.7. The molecule has 0 aromatic heterocycles. The van der Waals surface area contributed by atoms with Crippen LogP contribution in [0.25, 0.3) is 0 Å². The van der Waals surface area contributed by atoms with Crippen molar-refractivity contribution in [1.29, 1.82) is 0 Å². The van der Waals surface area contributed by atoms with E-state index in [9.17, 15) is 0 Å². The van der Waals surface area contributed by atoms with Gasteiger partial charge in [-0.05, 0) is 0 Å². The third-order valence-electron chi connectivity index (χ3n) is 0. The Hall–Kier alpha value is 0.614. The first-order valence-corrected chi connectivity index (χ1v) is 2.62. The van der Waals surface area contributed by atoms with Crippen molar-refractivity contribution in [3.8, 4) is 0 Å². The average Bonchev–Trinajstić information content (AvgIpc) is 0.722. The zero-order chi connectivity index (χ0) is 4.50. The summed E-state index contributed by atoms with van der Waals surface area (Å²) in [6, 6.07) is 0. The fourth-order valence-corrected chi connectivity index (χ4v) is 0. The molecule has 0 aliphatic rings. The van der Waals surface area contributed by atoms with Crippen LogP contribution in [0.3, 0.4) is 0 Å². The molecule has 0 heterocycles. The Bertz CT molecular complexity index is 23.6. The first-order valence-electron chi connectivity index (χ1n) is 0.875. The summed E-state index contributed by atoms with van der Waals surface area (Å²) in [5.74, 6) is 0. The molecule has 40 valence electrons. The van der Waals surface area contributed by atoms with Crippen molar-refractivity contribution in [2.75, 3.05) is 0 Å². The van der Waals surface area contributed by atoms with E-state index >= 15 is 0 Å². The van der Waals surface area contributed by atoms with E-state index in [2.05, 4.69) is 0 Å². The minimum absolute atomic E-state index is 0. The van der Waals surface area contributed by atoms with Gasteiger partial charge in [-0.2, -0.15) is 0 Å². The van der Waals surface area contributed by atoms with Gasteiger partial charge in [0, 0.05) is 0 Å². The van der Waals surface area contributed by atoms with E-state index in [1.165, 1.54) is 0 Å². The molecule has 0 fully saturated rings. The van der Waals surface area contributed by atoms with Gasteiger partial charge in [-0.15, -0.1) is 0 Å². The summed E-state index contributed by atoms with van der Waals surface area (Å²) in [5, 5.41) is 0. The molecule has 0 saturated carbocycles. The van der Waals surface area contributed by atoms with Gasteiger partial charge in [0.1, 0.15) is 0 Å². The van der Waals surface area contributed by atoms with Crippen molar-refractivity contribution in [2.45, 2.75) is 0 Å². The second-order valence-electron chi connectivity index (χ2n) is 0.574. The molecule has 0 aromatic rings. The smallest absolute Gasteiger partial charge is 1.00 e. The molecule has 0 saturated heterocycles. The first-order chi connectivity index (χ1) is 2.00. The van der Waals surface area contributed by atoms with E-state index in [0.717, 1.165) is 0 Å². The van der Waals surface area contributed by atoms with Gasteiger partial charge in [0.25, 0.3) is 0 Å². The maximum absolute atomic E-state index is 8.91. The number of rotatable bonds is 0. The topological polar surface area (TPSA) is 112 Å². The Labute approximate surface area is 53.2 Å². The largest absolute Gasteiger partial charge is 2.00 e. The van der Waals surface area contributed by atoms with Crippen molar-refractivity contribution in [3.05, 3.63) is 0 Å². The van der Waals surface area contributed by atoms with Crippen molar-refractivity contribution in [3.63, 3.8) is 0 Å². The van der Waals surface area contributed by atoms with Crippen LogP contribution in [0.1, 0.15) is 0 Å². The molecule has 7 heteroatoms. The Morgan fingerprint density at radius 1 is 1.14 bits per heavy atom. The first kappa shape index (κ1) is 15.6. The predicted octanol–water partition coefficient (Wildman–Crippen LogP) is -6.36. The average molecular weight is 118 g/mol. The fraction of sp³-hybridized carbons (Fsp3) is 0. The Morgan fingerprint density at radius 3 is 1.14 bits per heavy atom. The summed E-state index contributed by atoms with van der Waals surface area (Å²) in [6.07, 6.45) is 0. The summed E-state index contributed by atoms with van der Waals surface area (Å²) < 4.78 is 0. The van der Waals surface area contributed by atoms with E-state index in [1.54, 1.807) is 0 Å². The molecule has 0 atom stereocenters. The molecule has 0 spiro atoms. The molecule has 0 rings (SSSR count). The molecule has 0 unspecified atom stereocenters. The van der Waals surface area contributed by atoms with E-state index in [1.807, 2.05) is 0 Å². The van der Waals surface area contributed by atoms with Crippen LogP contribution >= 0.6 is 0 Å². The summed E-state index contributed by atoms with van der Waals surface area (Å²) in [7, 11) is -4.86. The van der Waals surface area contributed by atoms with Crippen molar-refractivity contribution in [1.82, 2.24) is 0 Å².